The van der Waals surface area contributed by atoms with Crippen LogP contribution in [0.25, 0.3) is 11.1 Å². The van der Waals surface area contributed by atoms with E-state index in [1.807, 2.05) is 49.1 Å². The zero-order valence-electron chi connectivity index (χ0n) is 19.9. The lowest BCUT2D eigenvalue weighted by Gasteiger charge is -2.33. The third-order valence-corrected chi connectivity index (χ3v) is 6.15. The number of hydrogen-bond donors (Lipinski definition) is 1. The molecule has 0 aliphatic carbocycles. The van der Waals surface area contributed by atoms with Crippen LogP contribution in [-0.2, 0) is 11.3 Å². The first kappa shape index (κ1) is 22.9. The minimum absolute atomic E-state index is 0.0849. The molecule has 1 amide bonds. The van der Waals surface area contributed by atoms with Crippen molar-refractivity contribution in [1.29, 1.82) is 0 Å². The van der Waals surface area contributed by atoms with Crippen LogP contribution in [0.15, 0.2) is 43.0 Å². The third kappa shape index (κ3) is 5.56. The summed E-state index contributed by atoms with van der Waals surface area (Å²) in [6.45, 7) is 10.5. The lowest BCUT2D eigenvalue weighted by Crippen LogP contribution is -2.47. The summed E-state index contributed by atoms with van der Waals surface area (Å²) in [5, 5.41) is 7.61. The average molecular weight is 448 g/mol. The van der Waals surface area contributed by atoms with Crippen molar-refractivity contribution in [2.45, 2.75) is 59.0 Å². The molecule has 8 heteroatoms. The Kier molecular flexibility index (Phi) is 7.01. The third-order valence-electron chi connectivity index (χ3n) is 6.15. The Morgan fingerprint density at radius 3 is 2.52 bits per heavy atom. The van der Waals surface area contributed by atoms with E-state index in [0.29, 0.717) is 6.54 Å². The number of hydrogen-bond acceptors (Lipinski definition) is 6. The van der Waals surface area contributed by atoms with Gasteiger partial charge in [-0.2, -0.15) is 5.10 Å². The highest BCUT2D eigenvalue weighted by molar-refractivity contribution is 5.78. The van der Waals surface area contributed by atoms with Crippen molar-refractivity contribution in [1.82, 2.24) is 30.0 Å². The normalized spacial score (nSPS) is 15.6. The number of carbonyl (C=O) groups excluding carboxylic acids is 1. The van der Waals surface area contributed by atoms with Gasteiger partial charge in [-0.05, 0) is 49.4 Å². The molecule has 4 heterocycles. The molecule has 1 unspecified atom stereocenters. The number of pyridine rings is 1. The van der Waals surface area contributed by atoms with Crippen molar-refractivity contribution in [3.05, 3.63) is 54.4 Å². The van der Waals surface area contributed by atoms with Gasteiger partial charge in [0.05, 0.1) is 23.9 Å². The number of aromatic nitrogens is 5. The highest BCUT2D eigenvalue weighted by atomic mass is 16.2. The second kappa shape index (κ2) is 10.1. The topological polar surface area (TPSA) is 88.8 Å². The van der Waals surface area contributed by atoms with Crippen molar-refractivity contribution in [3.63, 3.8) is 0 Å². The lowest BCUT2D eigenvalue weighted by atomic mass is 10.00. The fourth-order valence-corrected chi connectivity index (χ4v) is 4.23. The van der Waals surface area contributed by atoms with Crippen LogP contribution in [0.4, 0.5) is 5.95 Å². The van der Waals surface area contributed by atoms with Gasteiger partial charge in [-0.1, -0.05) is 20.8 Å². The Bertz CT molecular complexity index is 1070. The van der Waals surface area contributed by atoms with Crippen LogP contribution in [0, 0.1) is 12.8 Å². The van der Waals surface area contributed by atoms with Crippen LogP contribution in [0.3, 0.4) is 0 Å². The minimum Gasteiger partial charge on any atom is -0.353 e. The molecule has 8 nitrogen and oxygen atoms in total. The van der Waals surface area contributed by atoms with Crippen LogP contribution in [0.2, 0.25) is 0 Å². The summed E-state index contributed by atoms with van der Waals surface area (Å²) < 4.78 is 1.83. The molecule has 1 atom stereocenters. The summed E-state index contributed by atoms with van der Waals surface area (Å²) >= 11 is 0. The van der Waals surface area contributed by atoms with E-state index in [0.717, 1.165) is 54.4 Å². The molecular formula is C25H33N7O. The second-order valence-corrected chi connectivity index (χ2v) is 9.21. The van der Waals surface area contributed by atoms with Gasteiger partial charge < -0.3 is 10.2 Å². The van der Waals surface area contributed by atoms with Gasteiger partial charge in [-0.3, -0.25) is 14.5 Å². The number of aryl methyl sites for hydroxylation is 1. The minimum atomic E-state index is -0.125. The zero-order chi connectivity index (χ0) is 23.4. The molecule has 4 rings (SSSR count). The van der Waals surface area contributed by atoms with E-state index in [2.05, 4.69) is 39.1 Å². The van der Waals surface area contributed by atoms with Gasteiger partial charge in [0, 0.05) is 49.5 Å². The van der Waals surface area contributed by atoms with Gasteiger partial charge in [-0.25, -0.2) is 9.97 Å². The maximum Gasteiger partial charge on any atom is 0.225 e. The van der Waals surface area contributed by atoms with Gasteiger partial charge in [0.15, 0.2) is 0 Å². The maximum absolute atomic E-state index is 12.7. The first-order chi connectivity index (χ1) is 15.9. The van der Waals surface area contributed by atoms with Crippen molar-refractivity contribution < 1.29 is 4.79 Å². The summed E-state index contributed by atoms with van der Waals surface area (Å²) in [7, 11) is 0. The highest BCUT2D eigenvalue weighted by Gasteiger charge is 2.25. The van der Waals surface area contributed by atoms with Crippen LogP contribution in [0.1, 0.15) is 50.9 Å². The van der Waals surface area contributed by atoms with Gasteiger partial charge >= 0.3 is 0 Å². The molecule has 1 N–H and O–H groups in total. The largest absolute Gasteiger partial charge is 0.353 e. The summed E-state index contributed by atoms with van der Waals surface area (Å²) in [5.74, 6) is 1.01. The smallest absolute Gasteiger partial charge is 0.225 e. The van der Waals surface area contributed by atoms with Crippen molar-refractivity contribution in [3.8, 4) is 11.1 Å². The first-order valence-electron chi connectivity index (χ1n) is 11.7. The average Bonchev–Trinajstić information content (AvgIpc) is 3.24. The van der Waals surface area contributed by atoms with Crippen LogP contribution >= 0.6 is 0 Å². The lowest BCUT2D eigenvalue weighted by molar-refractivity contribution is -0.125. The molecule has 0 aromatic carbocycles. The molecule has 174 valence electrons. The SMILES string of the molecule is Cc1ccn(CC(C)C(=O)NC2CCN(c3ncc(-c4ccncc4)c(C(C)C)n3)CC2)n1. The van der Waals surface area contributed by atoms with E-state index in [1.54, 1.807) is 12.4 Å². The quantitative estimate of drug-likeness (QED) is 0.595. The Labute approximate surface area is 195 Å². The van der Waals surface area contributed by atoms with Crippen LogP contribution < -0.4 is 10.2 Å². The van der Waals surface area contributed by atoms with Crippen molar-refractivity contribution >= 4 is 11.9 Å². The Balaban J connectivity index is 1.35. The fourth-order valence-electron chi connectivity index (χ4n) is 4.23. The maximum atomic E-state index is 12.7. The van der Waals surface area contributed by atoms with Crippen molar-refractivity contribution in [2.75, 3.05) is 18.0 Å². The van der Waals surface area contributed by atoms with Gasteiger partial charge in [0.2, 0.25) is 11.9 Å². The molecule has 1 aliphatic heterocycles. The molecule has 3 aromatic rings. The molecule has 33 heavy (non-hydrogen) atoms. The molecule has 0 radical (unpaired) electrons. The number of anilines is 1. The van der Waals surface area contributed by atoms with E-state index in [1.165, 1.54) is 0 Å². The van der Waals surface area contributed by atoms with Gasteiger partial charge in [0.1, 0.15) is 0 Å². The number of amides is 1. The molecular weight excluding hydrogens is 414 g/mol. The van der Waals surface area contributed by atoms with Crippen LogP contribution in [-0.4, -0.2) is 49.8 Å². The number of rotatable bonds is 7. The number of carbonyl (C=O) groups is 1. The molecule has 0 bridgehead atoms. The fraction of sp³-hybridized carbons (Fsp3) is 0.480. The Morgan fingerprint density at radius 2 is 1.88 bits per heavy atom. The van der Waals surface area contributed by atoms with E-state index in [-0.39, 0.29) is 23.8 Å². The number of nitrogens with one attached hydrogen (secondary N) is 1. The molecule has 1 fully saturated rings. The Hall–Kier alpha value is -3.29. The van der Waals surface area contributed by atoms with E-state index in [4.69, 9.17) is 4.98 Å². The summed E-state index contributed by atoms with van der Waals surface area (Å²) in [6.07, 6.45) is 9.20. The highest BCUT2D eigenvalue weighted by Crippen LogP contribution is 2.29. The molecule has 3 aromatic heterocycles. The zero-order valence-corrected chi connectivity index (χ0v) is 19.9. The predicted molar refractivity (Wildman–Crippen MR) is 129 cm³/mol. The van der Waals surface area contributed by atoms with Crippen molar-refractivity contribution in [2.24, 2.45) is 5.92 Å². The van der Waals surface area contributed by atoms with Gasteiger partial charge in [-0.15, -0.1) is 0 Å². The Morgan fingerprint density at radius 1 is 1.15 bits per heavy atom. The van der Waals surface area contributed by atoms with E-state index >= 15 is 0 Å². The molecule has 1 saturated heterocycles. The first-order valence-corrected chi connectivity index (χ1v) is 11.7. The van der Waals surface area contributed by atoms with E-state index in [9.17, 15) is 4.79 Å². The molecule has 0 spiro atoms. The number of piperidine rings is 1. The summed E-state index contributed by atoms with van der Waals surface area (Å²) in [5.41, 5.74) is 4.15. The monoisotopic (exact) mass is 447 g/mol. The summed E-state index contributed by atoms with van der Waals surface area (Å²) in [4.78, 5) is 28.6. The standard InChI is InChI=1S/C25H33N7O/c1-17(2)23-22(20-5-10-26-11-6-20)15-27-25(29-23)31-12-8-21(9-13-31)28-24(33)18(3)16-32-14-7-19(4)30-32/h5-7,10-11,14-15,17-18,21H,8-9,12-13,16H2,1-4H3,(H,28,33). The number of nitrogens with zero attached hydrogens (tertiary/aromatic N) is 6. The van der Waals surface area contributed by atoms with Gasteiger partial charge in [0.25, 0.3) is 0 Å². The predicted octanol–water partition coefficient (Wildman–Crippen LogP) is 3.59. The summed E-state index contributed by atoms with van der Waals surface area (Å²) in [6, 6.07) is 6.12. The molecule has 1 aliphatic rings. The molecule has 0 saturated carbocycles. The second-order valence-electron chi connectivity index (χ2n) is 9.21. The van der Waals surface area contributed by atoms with E-state index < -0.39 is 0 Å². The van der Waals surface area contributed by atoms with Crippen LogP contribution in [0.5, 0.6) is 0 Å².